The highest BCUT2D eigenvalue weighted by Crippen LogP contribution is 2.37. The highest BCUT2D eigenvalue weighted by atomic mass is 32.2. The topological polar surface area (TPSA) is 26.0 Å². The van der Waals surface area contributed by atoms with Gasteiger partial charge in [0.1, 0.15) is 0 Å². The van der Waals surface area contributed by atoms with Crippen LogP contribution in [0.2, 0.25) is 0 Å². The van der Waals surface area contributed by atoms with Crippen LogP contribution >= 0.6 is 11.8 Å². The Morgan fingerprint density at radius 2 is 2.00 bits per heavy atom. The molecular formula is C9H10F3NS. The minimum Gasteiger partial charge on any atom is -0.324 e. The van der Waals surface area contributed by atoms with Gasteiger partial charge in [0.05, 0.1) is 0 Å². The van der Waals surface area contributed by atoms with Crippen molar-refractivity contribution in [3.8, 4) is 0 Å². The predicted molar refractivity (Wildman–Crippen MR) is 51.0 cm³/mol. The Hall–Kier alpha value is -0.680. The monoisotopic (exact) mass is 221 g/mol. The van der Waals surface area contributed by atoms with E-state index in [-0.39, 0.29) is 22.7 Å². The van der Waals surface area contributed by atoms with E-state index < -0.39 is 5.51 Å². The lowest BCUT2D eigenvalue weighted by molar-refractivity contribution is -0.0328. The Kier molecular flexibility index (Phi) is 3.44. The minimum atomic E-state index is -4.24. The molecule has 78 valence electrons. The van der Waals surface area contributed by atoms with Crippen LogP contribution in [0.5, 0.6) is 0 Å². The molecule has 0 unspecified atom stereocenters. The lowest BCUT2D eigenvalue weighted by atomic mass is 10.1. The molecule has 2 N–H and O–H groups in total. The Balaban J connectivity index is 2.84. The van der Waals surface area contributed by atoms with E-state index in [9.17, 15) is 13.2 Å². The molecule has 0 amide bonds. The lowest BCUT2D eigenvalue weighted by Crippen LogP contribution is -2.05. The average molecular weight is 221 g/mol. The molecule has 1 aromatic carbocycles. The smallest absolute Gasteiger partial charge is 0.324 e. The number of alkyl halides is 3. The van der Waals surface area contributed by atoms with Crippen molar-refractivity contribution in [2.75, 3.05) is 0 Å². The molecule has 0 spiro atoms. The summed E-state index contributed by atoms with van der Waals surface area (Å²) in [5, 5.41) is 0. The van der Waals surface area contributed by atoms with Crippen molar-refractivity contribution < 1.29 is 13.2 Å². The van der Waals surface area contributed by atoms with E-state index in [4.69, 9.17) is 5.73 Å². The van der Waals surface area contributed by atoms with E-state index in [1.54, 1.807) is 19.1 Å². The van der Waals surface area contributed by atoms with Gasteiger partial charge in [-0.25, -0.2) is 0 Å². The summed E-state index contributed by atoms with van der Waals surface area (Å²) in [6.07, 6.45) is 0. The van der Waals surface area contributed by atoms with Crippen molar-refractivity contribution in [2.45, 2.75) is 23.4 Å². The van der Waals surface area contributed by atoms with Gasteiger partial charge in [0.15, 0.2) is 0 Å². The molecule has 0 aliphatic heterocycles. The van der Waals surface area contributed by atoms with Gasteiger partial charge in [0, 0.05) is 10.9 Å². The fourth-order valence-electron chi connectivity index (χ4n) is 0.995. The van der Waals surface area contributed by atoms with Crippen LogP contribution in [0.3, 0.4) is 0 Å². The van der Waals surface area contributed by atoms with Gasteiger partial charge in [-0.05, 0) is 36.4 Å². The quantitative estimate of drug-likeness (QED) is 0.775. The fraction of sp³-hybridized carbons (Fsp3) is 0.333. The molecule has 1 aromatic rings. The van der Waals surface area contributed by atoms with Crippen LogP contribution in [0.15, 0.2) is 29.2 Å². The van der Waals surface area contributed by atoms with Crippen LogP contribution < -0.4 is 5.73 Å². The molecule has 1 nitrogen and oxygen atoms in total. The summed E-state index contributed by atoms with van der Waals surface area (Å²) in [4.78, 5) is 0.173. The third kappa shape index (κ3) is 3.59. The molecule has 1 atom stereocenters. The zero-order chi connectivity index (χ0) is 10.8. The predicted octanol–water partition coefficient (Wildman–Crippen LogP) is 3.32. The van der Waals surface area contributed by atoms with E-state index in [0.717, 1.165) is 0 Å². The Morgan fingerprint density at radius 3 is 2.50 bits per heavy atom. The number of benzene rings is 1. The molecule has 14 heavy (non-hydrogen) atoms. The molecule has 0 aromatic heterocycles. The third-order valence-corrected chi connectivity index (χ3v) is 2.34. The molecule has 0 fully saturated rings. The summed E-state index contributed by atoms with van der Waals surface area (Å²) in [6, 6.07) is 5.92. The molecule has 0 aliphatic carbocycles. The van der Waals surface area contributed by atoms with Crippen molar-refractivity contribution in [2.24, 2.45) is 5.73 Å². The van der Waals surface area contributed by atoms with Crippen molar-refractivity contribution >= 4 is 11.8 Å². The molecule has 0 saturated heterocycles. The Morgan fingerprint density at radius 1 is 1.36 bits per heavy atom. The fourth-order valence-corrected chi connectivity index (χ4v) is 1.60. The largest absolute Gasteiger partial charge is 0.446 e. The van der Waals surface area contributed by atoms with Crippen molar-refractivity contribution in [1.82, 2.24) is 0 Å². The SMILES string of the molecule is C[C@H](N)c1cccc(SC(F)(F)F)c1. The molecular weight excluding hydrogens is 211 g/mol. The van der Waals surface area contributed by atoms with Crippen molar-refractivity contribution in [3.63, 3.8) is 0 Å². The molecule has 0 heterocycles. The van der Waals surface area contributed by atoms with E-state index in [2.05, 4.69) is 0 Å². The number of hydrogen-bond donors (Lipinski definition) is 1. The minimum absolute atomic E-state index is 0.123. The second-order valence-electron chi connectivity index (χ2n) is 2.91. The second kappa shape index (κ2) is 4.23. The maximum Gasteiger partial charge on any atom is 0.446 e. The maximum atomic E-state index is 12.0. The number of halogens is 3. The third-order valence-electron chi connectivity index (χ3n) is 1.62. The molecule has 1 rings (SSSR count). The van der Waals surface area contributed by atoms with Gasteiger partial charge >= 0.3 is 5.51 Å². The van der Waals surface area contributed by atoms with Gasteiger partial charge in [-0.1, -0.05) is 12.1 Å². The van der Waals surface area contributed by atoms with E-state index in [1.165, 1.54) is 12.1 Å². The Bertz CT molecular complexity index is 309. The van der Waals surface area contributed by atoms with Crippen LogP contribution in [0.25, 0.3) is 0 Å². The zero-order valence-electron chi connectivity index (χ0n) is 7.51. The highest BCUT2D eigenvalue weighted by molar-refractivity contribution is 8.00. The van der Waals surface area contributed by atoms with Crippen molar-refractivity contribution in [1.29, 1.82) is 0 Å². The van der Waals surface area contributed by atoms with Crippen molar-refractivity contribution in [3.05, 3.63) is 29.8 Å². The van der Waals surface area contributed by atoms with Crippen LogP contribution in [0.1, 0.15) is 18.5 Å². The van der Waals surface area contributed by atoms with E-state index in [1.807, 2.05) is 0 Å². The summed E-state index contributed by atoms with van der Waals surface area (Å²) in [7, 11) is 0. The summed E-state index contributed by atoms with van der Waals surface area (Å²) in [5.41, 5.74) is 2.02. The summed E-state index contributed by atoms with van der Waals surface area (Å²) in [6.45, 7) is 1.73. The van der Waals surface area contributed by atoms with Gasteiger partial charge in [-0.15, -0.1) is 0 Å². The van der Waals surface area contributed by atoms with Crippen LogP contribution in [-0.4, -0.2) is 5.51 Å². The first-order valence-corrected chi connectivity index (χ1v) is 4.81. The molecule has 0 bridgehead atoms. The van der Waals surface area contributed by atoms with Gasteiger partial charge in [0.25, 0.3) is 0 Å². The van der Waals surface area contributed by atoms with Crippen LogP contribution in [0.4, 0.5) is 13.2 Å². The van der Waals surface area contributed by atoms with Gasteiger partial charge in [0.2, 0.25) is 0 Å². The van der Waals surface area contributed by atoms with E-state index >= 15 is 0 Å². The second-order valence-corrected chi connectivity index (χ2v) is 4.05. The molecule has 0 saturated carbocycles. The number of nitrogens with two attached hydrogens (primary N) is 1. The molecule has 5 heteroatoms. The lowest BCUT2D eigenvalue weighted by Gasteiger charge is -2.09. The first-order valence-electron chi connectivity index (χ1n) is 4.00. The van der Waals surface area contributed by atoms with Gasteiger partial charge in [-0.3, -0.25) is 0 Å². The first kappa shape index (κ1) is 11.4. The summed E-state index contributed by atoms with van der Waals surface area (Å²) < 4.78 is 36.0. The van der Waals surface area contributed by atoms with Gasteiger partial charge in [-0.2, -0.15) is 13.2 Å². The summed E-state index contributed by atoms with van der Waals surface area (Å²) >= 11 is -0.123. The zero-order valence-corrected chi connectivity index (χ0v) is 8.32. The highest BCUT2D eigenvalue weighted by Gasteiger charge is 2.29. The number of thioether (sulfide) groups is 1. The number of rotatable bonds is 2. The first-order chi connectivity index (χ1) is 6.38. The van der Waals surface area contributed by atoms with Crippen LogP contribution in [-0.2, 0) is 0 Å². The number of hydrogen-bond acceptors (Lipinski definition) is 2. The Labute approximate surface area is 84.5 Å². The van der Waals surface area contributed by atoms with Gasteiger partial charge < -0.3 is 5.73 Å². The standard InChI is InChI=1S/C9H10F3NS/c1-6(13)7-3-2-4-8(5-7)14-9(10,11)12/h2-6H,13H2,1H3/t6-/m0/s1. The van der Waals surface area contributed by atoms with Crippen LogP contribution in [0, 0.1) is 0 Å². The molecule has 0 radical (unpaired) electrons. The maximum absolute atomic E-state index is 12.0. The van der Waals surface area contributed by atoms with E-state index in [0.29, 0.717) is 5.56 Å². The average Bonchev–Trinajstić information content (AvgIpc) is 2.01. The summed E-state index contributed by atoms with van der Waals surface area (Å²) in [5.74, 6) is 0. The molecule has 0 aliphatic rings. The normalized spacial score (nSPS) is 14.1.